The van der Waals surface area contributed by atoms with Crippen molar-refractivity contribution in [3.63, 3.8) is 0 Å². The number of nitrogens with one attached hydrogen (secondary N) is 1. The second kappa shape index (κ2) is 5.71. The fourth-order valence-corrected chi connectivity index (χ4v) is 1.83. The number of anilines is 1. The van der Waals surface area contributed by atoms with Gasteiger partial charge < -0.3 is 9.73 Å². The molecule has 100 valence electrons. The maximum atomic E-state index is 10.9. The molecule has 0 saturated heterocycles. The van der Waals surface area contributed by atoms with Crippen LogP contribution in [0.2, 0.25) is 5.02 Å². The molecule has 0 spiro atoms. The van der Waals surface area contributed by atoms with Gasteiger partial charge in [-0.25, -0.2) is 4.98 Å². The zero-order chi connectivity index (χ0) is 13.8. The van der Waals surface area contributed by atoms with Crippen LogP contribution in [0.25, 0.3) is 0 Å². The third-order valence-electron chi connectivity index (χ3n) is 2.55. The van der Waals surface area contributed by atoms with Crippen LogP contribution in [0.1, 0.15) is 18.6 Å². The molecule has 0 aliphatic rings. The third kappa shape index (κ3) is 3.03. The summed E-state index contributed by atoms with van der Waals surface area (Å²) in [6.45, 7) is 2.20. The molecular formula is C12H12ClN3O3. The lowest BCUT2D eigenvalue weighted by molar-refractivity contribution is -0.384. The highest BCUT2D eigenvalue weighted by atomic mass is 35.5. The zero-order valence-electron chi connectivity index (χ0n) is 10.2. The van der Waals surface area contributed by atoms with E-state index < -0.39 is 4.92 Å². The molecule has 0 fully saturated rings. The van der Waals surface area contributed by atoms with Crippen LogP contribution in [-0.2, 0) is 13.0 Å². The summed E-state index contributed by atoms with van der Waals surface area (Å²) >= 11 is 5.95. The summed E-state index contributed by atoms with van der Waals surface area (Å²) in [6, 6.07) is 4.51. The van der Waals surface area contributed by atoms with Gasteiger partial charge in [0.15, 0.2) is 0 Å². The van der Waals surface area contributed by atoms with E-state index in [9.17, 15) is 10.1 Å². The molecule has 1 N–H and O–H groups in total. The number of para-hydroxylation sites is 1. The molecule has 0 unspecified atom stereocenters. The number of nitrogens with zero attached hydrogens (tertiary/aromatic N) is 2. The molecule has 0 bridgehead atoms. The molecule has 0 saturated carbocycles. The Balaban J connectivity index is 2.17. The first-order chi connectivity index (χ1) is 9.11. The lowest BCUT2D eigenvalue weighted by Crippen LogP contribution is -2.03. The molecule has 2 aromatic rings. The molecule has 0 amide bonds. The van der Waals surface area contributed by atoms with E-state index in [0.717, 1.165) is 12.2 Å². The highest BCUT2D eigenvalue weighted by Crippen LogP contribution is 2.32. The Kier molecular flexibility index (Phi) is 4.01. The SMILES string of the molecule is CCc1cnc(CNc2c(Cl)cccc2[N+](=O)[O-])o1. The largest absolute Gasteiger partial charge is 0.444 e. The van der Waals surface area contributed by atoms with Crippen molar-refractivity contribution in [2.45, 2.75) is 19.9 Å². The van der Waals surface area contributed by atoms with Crippen molar-refractivity contribution < 1.29 is 9.34 Å². The van der Waals surface area contributed by atoms with Crippen LogP contribution in [-0.4, -0.2) is 9.91 Å². The minimum atomic E-state index is -0.485. The van der Waals surface area contributed by atoms with Crippen LogP contribution in [0.15, 0.2) is 28.8 Å². The van der Waals surface area contributed by atoms with Crippen LogP contribution in [0.5, 0.6) is 0 Å². The summed E-state index contributed by atoms with van der Waals surface area (Å²) in [5, 5.41) is 14.1. The number of oxazole rings is 1. The molecule has 1 aromatic carbocycles. The molecule has 0 aliphatic heterocycles. The molecule has 0 aliphatic carbocycles. The maximum Gasteiger partial charge on any atom is 0.293 e. The molecule has 1 aromatic heterocycles. The fraction of sp³-hybridized carbons (Fsp3) is 0.250. The summed E-state index contributed by atoms with van der Waals surface area (Å²) < 4.78 is 5.41. The highest BCUT2D eigenvalue weighted by Gasteiger charge is 2.16. The van der Waals surface area contributed by atoms with Crippen LogP contribution >= 0.6 is 11.6 Å². The van der Waals surface area contributed by atoms with E-state index in [2.05, 4.69) is 10.3 Å². The van der Waals surface area contributed by atoms with E-state index in [1.54, 1.807) is 12.3 Å². The van der Waals surface area contributed by atoms with Gasteiger partial charge >= 0.3 is 0 Å². The first kappa shape index (κ1) is 13.4. The molecule has 7 heteroatoms. The van der Waals surface area contributed by atoms with Gasteiger partial charge in [0.05, 0.1) is 22.7 Å². The van der Waals surface area contributed by atoms with Gasteiger partial charge in [-0.2, -0.15) is 0 Å². The van der Waals surface area contributed by atoms with E-state index in [0.29, 0.717) is 5.89 Å². The number of nitro groups is 1. The standard InChI is InChI=1S/C12H12ClN3O3/c1-2-8-6-14-11(19-8)7-15-12-9(13)4-3-5-10(12)16(17)18/h3-6,15H,2,7H2,1H3. The molecule has 1 heterocycles. The number of halogens is 1. The topological polar surface area (TPSA) is 81.2 Å². The number of hydrogen-bond acceptors (Lipinski definition) is 5. The lowest BCUT2D eigenvalue weighted by Gasteiger charge is -2.06. The lowest BCUT2D eigenvalue weighted by atomic mass is 10.2. The molecule has 19 heavy (non-hydrogen) atoms. The van der Waals surface area contributed by atoms with Crippen LogP contribution in [0.4, 0.5) is 11.4 Å². The van der Waals surface area contributed by atoms with Crippen LogP contribution < -0.4 is 5.32 Å². The van der Waals surface area contributed by atoms with Crippen molar-refractivity contribution in [2.75, 3.05) is 5.32 Å². The van der Waals surface area contributed by atoms with E-state index in [4.69, 9.17) is 16.0 Å². The molecule has 0 atom stereocenters. The number of aromatic nitrogens is 1. The fourth-order valence-electron chi connectivity index (χ4n) is 1.60. The summed E-state index contributed by atoms with van der Waals surface area (Å²) in [7, 11) is 0. The van der Waals surface area contributed by atoms with Crippen molar-refractivity contribution in [3.05, 3.63) is 51.2 Å². The Bertz CT molecular complexity index is 598. The Morgan fingerprint density at radius 1 is 1.53 bits per heavy atom. The second-order valence-corrected chi connectivity index (χ2v) is 4.23. The first-order valence-electron chi connectivity index (χ1n) is 5.72. The number of rotatable bonds is 5. The average molecular weight is 282 g/mol. The van der Waals surface area contributed by atoms with Gasteiger partial charge in [-0.3, -0.25) is 10.1 Å². The molecular weight excluding hydrogens is 270 g/mol. The van der Waals surface area contributed by atoms with Crippen molar-refractivity contribution in [1.82, 2.24) is 4.98 Å². The van der Waals surface area contributed by atoms with Crippen molar-refractivity contribution >= 4 is 23.0 Å². The Morgan fingerprint density at radius 3 is 2.95 bits per heavy atom. The minimum absolute atomic E-state index is 0.0743. The van der Waals surface area contributed by atoms with E-state index in [1.165, 1.54) is 12.1 Å². The monoisotopic (exact) mass is 281 g/mol. The van der Waals surface area contributed by atoms with Crippen LogP contribution in [0, 0.1) is 10.1 Å². The van der Waals surface area contributed by atoms with Gasteiger partial charge in [-0.05, 0) is 6.07 Å². The second-order valence-electron chi connectivity index (χ2n) is 3.82. The van der Waals surface area contributed by atoms with Gasteiger partial charge in [0.25, 0.3) is 5.69 Å². The number of nitro benzene ring substituents is 1. The van der Waals surface area contributed by atoms with Gasteiger partial charge in [-0.15, -0.1) is 0 Å². The van der Waals surface area contributed by atoms with Crippen LogP contribution in [0.3, 0.4) is 0 Å². The summed E-state index contributed by atoms with van der Waals surface area (Å²) in [4.78, 5) is 14.5. The Labute approximate surface area is 114 Å². The smallest absolute Gasteiger partial charge is 0.293 e. The summed E-state index contributed by atoms with van der Waals surface area (Å²) in [5.41, 5.74) is 0.195. The van der Waals surface area contributed by atoms with Gasteiger partial charge in [-0.1, -0.05) is 24.6 Å². The van der Waals surface area contributed by atoms with E-state index >= 15 is 0 Å². The quantitative estimate of drug-likeness (QED) is 0.671. The average Bonchev–Trinajstić information content (AvgIpc) is 2.85. The Hall–Kier alpha value is -2.08. The van der Waals surface area contributed by atoms with Crippen molar-refractivity contribution in [2.24, 2.45) is 0 Å². The van der Waals surface area contributed by atoms with Crippen molar-refractivity contribution in [1.29, 1.82) is 0 Å². The molecule has 2 rings (SSSR count). The number of aryl methyl sites for hydroxylation is 1. The van der Waals surface area contributed by atoms with Gasteiger partial charge in [0.2, 0.25) is 5.89 Å². The summed E-state index contributed by atoms with van der Waals surface area (Å²) in [5.74, 6) is 1.23. The van der Waals surface area contributed by atoms with Crippen molar-refractivity contribution in [3.8, 4) is 0 Å². The summed E-state index contributed by atoms with van der Waals surface area (Å²) in [6.07, 6.45) is 2.39. The zero-order valence-corrected chi connectivity index (χ0v) is 11.0. The van der Waals surface area contributed by atoms with Gasteiger partial charge in [0.1, 0.15) is 11.4 Å². The van der Waals surface area contributed by atoms with E-state index in [1.807, 2.05) is 6.92 Å². The number of hydrogen-bond donors (Lipinski definition) is 1. The predicted octanol–water partition coefficient (Wildman–Crippen LogP) is 3.41. The third-order valence-corrected chi connectivity index (χ3v) is 2.87. The molecule has 0 radical (unpaired) electrons. The van der Waals surface area contributed by atoms with E-state index in [-0.39, 0.29) is 22.9 Å². The van der Waals surface area contributed by atoms with Gasteiger partial charge in [0, 0.05) is 12.5 Å². The number of benzene rings is 1. The predicted molar refractivity (Wildman–Crippen MR) is 71.3 cm³/mol. The molecule has 6 nitrogen and oxygen atoms in total. The normalized spacial score (nSPS) is 10.4. The highest BCUT2D eigenvalue weighted by molar-refractivity contribution is 6.33. The maximum absolute atomic E-state index is 10.9. The Morgan fingerprint density at radius 2 is 2.32 bits per heavy atom. The minimum Gasteiger partial charge on any atom is -0.444 e. The first-order valence-corrected chi connectivity index (χ1v) is 6.10.